The van der Waals surface area contributed by atoms with Gasteiger partial charge in [-0.05, 0) is 36.4 Å². The fraction of sp³-hybridized carbons (Fsp3) is 0.111. The molecule has 0 unspecified atom stereocenters. The second kappa shape index (κ2) is 14.3. The summed E-state index contributed by atoms with van der Waals surface area (Å²) in [7, 11) is 0. The molecule has 21 nitrogen and oxygen atoms in total. The van der Waals surface area contributed by atoms with E-state index < -0.39 is 123 Å². The maximum absolute atomic E-state index is 13.0. The maximum atomic E-state index is 13.0. The van der Waals surface area contributed by atoms with E-state index in [9.17, 15) is 74.7 Å². The van der Waals surface area contributed by atoms with Crippen molar-refractivity contribution in [2.75, 3.05) is 0 Å². The number of carbonyl (C=O) groups is 6. The predicted molar refractivity (Wildman–Crippen MR) is 149 cm³/mol. The number of amides is 3. The van der Waals surface area contributed by atoms with Gasteiger partial charge in [-0.15, -0.1) is 0 Å². The Balaban J connectivity index is 0.000000521. The third-order valence-corrected chi connectivity index (χ3v) is 5.87. The van der Waals surface area contributed by atoms with Crippen LogP contribution in [0.1, 0.15) is 43.9 Å². The summed E-state index contributed by atoms with van der Waals surface area (Å²) in [6, 6.07) is 3.96. The number of carbonyl (C=O) groups excluding carboxylic acids is 3. The molecule has 0 fully saturated rings. The van der Waals surface area contributed by atoms with Crippen LogP contribution in [-0.4, -0.2) is 113 Å². The molecule has 0 heterocycles. The Bertz CT molecular complexity index is 1660. The van der Waals surface area contributed by atoms with Gasteiger partial charge in [-0.2, -0.15) is 5.01 Å². The molecule has 3 aromatic carbocycles. The van der Waals surface area contributed by atoms with E-state index >= 15 is 0 Å². The molecule has 3 amide bonds. The van der Waals surface area contributed by atoms with Gasteiger partial charge in [0.1, 0.15) is 0 Å². The van der Waals surface area contributed by atoms with Crippen molar-refractivity contribution in [2.24, 2.45) is 0 Å². The number of aliphatic hydroxyl groups is 1. The average molecular weight is 680 g/mol. The number of carboxylic acid groups (broad SMARTS) is 3. The number of hydrogen-bond acceptors (Lipinski definition) is 16. The number of hydrogen-bond donors (Lipinski definition) is 14. The SMILES string of the molecule is O=C(NN(C(=O)c1cc(O)c(O)c(O)c1)C(=O)c1cc(O)c(O)c(O)c1)c1cc(O)c(O)c(O)c1.O=C(O)CC(O)(CC(=O)O)C(=O)O. The quantitative estimate of drug-likeness (QED) is 0.0803. The smallest absolute Gasteiger partial charge is 0.336 e. The Morgan fingerprint density at radius 1 is 0.521 bits per heavy atom. The number of aromatic hydroxyl groups is 9. The first-order valence-electron chi connectivity index (χ1n) is 12.4. The van der Waals surface area contributed by atoms with Gasteiger partial charge in [0.25, 0.3) is 17.7 Å². The number of phenols is 9. The normalized spacial score (nSPS) is 10.6. The van der Waals surface area contributed by atoms with Crippen LogP contribution in [0, 0.1) is 0 Å². The third-order valence-electron chi connectivity index (χ3n) is 5.87. The molecule has 256 valence electrons. The third kappa shape index (κ3) is 8.51. The van der Waals surface area contributed by atoms with Crippen LogP contribution < -0.4 is 5.43 Å². The Labute approximate surface area is 264 Å². The second-order valence-electron chi connectivity index (χ2n) is 9.45. The van der Waals surface area contributed by atoms with Crippen LogP contribution >= 0.6 is 0 Å². The van der Waals surface area contributed by atoms with Gasteiger partial charge in [0, 0.05) is 16.7 Å². The largest absolute Gasteiger partial charge is 0.504 e. The Hall–Kier alpha value is -7.16. The lowest BCUT2D eigenvalue weighted by Gasteiger charge is -2.22. The number of imide groups is 1. The summed E-state index contributed by atoms with van der Waals surface area (Å²) in [5.74, 6) is -17.7. The van der Waals surface area contributed by atoms with Crippen LogP contribution in [0.3, 0.4) is 0 Å². The molecule has 0 saturated heterocycles. The van der Waals surface area contributed by atoms with Crippen LogP contribution in [0.2, 0.25) is 0 Å². The molecule has 3 rings (SSSR count). The van der Waals surface area contributed by atoms with Crippen LogP contribution in [-0.2, 0) is 14.4 Å². The zero-order valence-electron chi connectivity index (χ0n) is 23.6. The highest BCUT2D eigenvalue weighted by molar-refractivity contribution is 6.12. The molecule has 0 aliphatic carbocycles. The lowest BCUT2D eigenvalue weighted by Crippen LogP contribution is -2.49. The topological polar surface area (TPSA) is 381 Å². The fourth-order valence-electron chi connectivity index (χ4n) is 3.52. The van der Waals surface area contributed by atoms with Crippen molar-refractivity contribution in [3.63, 3.8) is 0 Å². The monoisotopic (exact) mass is 680 g/mol. The molecule has 0 aliphatic rings. The molecule has 0 bridgehead atoms. The Kier molecular flexibility index (Phi) is 11.0. The Morgan fingerprint density at radius 2 is 0.792 bits per heavy atom. The van der Waals surface area contributed by atoms with Gasteiger partial charge in [-0.25, -0.2) is 4.79 Å². The molecule has 3 aromatic rings. The number of phenolic OH excluding ortho intramolecular Hbond substituents is 9. The van der Waals surface area contributed by atoms with Gasteiger partial charge in [-0.1, -0.05) is 0 Å². The predicted octanol–water partition coefficient (Wildman–Crippen LogP) is -0.584. The number of benzene rings is 3. The maximum Gasteiger partial charge on any atom is 0.336 e. The van der Waals surface area contributed by atoms with E-state index in [1.807, 2.05) is 5.43 Å². The van der Waals surface area contributed by atoms with Crippen molar-refractivity contribution in [3.8, 4) is 51.7 Å². The van der Waals surface area contributed by atoms with E-state index in [0.717, 1.165) is 0 Å². The van der Waals surface area contributed by atoms with E-state index in [-0.39, 0.29) is 5.01 Å². The summed E-state index contributed by atoms with van der Waals surface area (Å²) in [5.41, 5.74) is -2.69. The molecule has 0 aliphatic heterocycles. The van der Waals surface area contributed by atoms with E-state index in [4.69, 9.17) is 20.4 Å². The van der Waals surface area contributed by atoms with Gasteiger partial charge < -0.3 is 66.4 Å². The summed E-state index contributed by atoms with van der Waals surface area (Å²) < 4.78 is 0. The van der Waals surface area contributed by atoms with Crippen molar-refractivity contribution >= 4 is 35.6 Å². The molecule has 0 aromatic heterocycles. The van der Waals surface area contributed by atoms with Crippen molar-refractivity contribution in [3.05, 3.63) is 53.1 Å². The average Bonchev–Trinajstić information content (AvgIpc) is 2.97. The van der Waals surface area contributed by atoms with Gasteiger partial charge in [0.05, 0.1) is 12.8 Å². The lowest BCUT2D eigenvalue weighted by molar-refractivity contribution is -0.170. The minimum absolute atomic E-state index is 0.0137. The summed E-state index contributed by atoms with van der Waals surface area (Å²) in [5, 5.41) is 120. The van der Waals surface area contributed by atoms with E-state index in [1.54, 1.807) is 0 Å². The molecule has 0 saturated carbocycles. The summed E-state index contributed by atoms with van der Waals surface area (Å²) in [6.07, 6.45) is -2.29. The number of hydrazine groups is 1. The molecule has 21 heteroatoms. The van der Waals surface area contributed by atoms with Crippen LogP contribution in [0.4, 0.5) is 0 Å². The highest BCUT2D eigenvalue weighted by Gasteiger charge is 2.40. The first kappa shape index (κ1) is 37.0. The van der Waals surface area contributed by atoms with Gasteiger partial charge >= 0.3 is 17.9 Å². The van der Waals surface area contributed by atoms with E-state index in [2.05, 4.69) is 0 Å². The fourth-order valence-corrected chi connectivity index (χ4v) is 3.52. The second-order valence-corrected chi connectivity index (χ2v) is 9.45. The number of rotatable bonds is 8. The standard InChI is InChI=1S/C21H16N2O12.C6H8O7/c24-10-1-7(2-11(25)16(10)30)19(33)22-23(20(34)8-3-12(26)17(31)13(27)4-8)21(35)9-5-14(28)18(32)15(29)6-9;7-3(8)1-6(13,5(11)12)2-4(9)10/h1-6,24-32H,(H,22,33);13H,1-2H2,(H,7,8)(H,9,10)(H,11,12). The minimum Gasteiger partial charge on any atom is -0.504 e. The van der Waals surface area contributed by atoms with Crippen LogP contribution in [0.25, 0.3) is 0 Å². The molecule has 48 heavy (non-hydrogen) atoms. The lowest BCUT2D eigenvalue weighted by atomic mass is 9.96. The first-order chi connectivity index (χ1) is 22.1. The van der Waals surface area contributed by atoms with Crippen LogP contribution in [0.5, 0.6) is 51.7 Å². The number of nitrogens with zero attached hydrogens (tertiary/aromatic N) is 1. The molecule has 0 spiro atoms. The summed E-state index contributed by atoms with van der Waals surface area (Å²) in [6.45, 7) is 0. The Morgan fingerprint density at radius 3 is 1.04 bits per heavy atom. The molecular formula is C27H24N2O19. The minimum atomic E-state index is -2.74. The zero-order valence-corrected chi connectivity index (χ0v) is 23.6. The molecular weight excluding hydrogens is 656 g/mol. The van der Waals surface area contributed by atoms with E-state index in [0.29, 0.717) is 36.4 Å². The molecule has 0 radical (unpaired) electrons. The number of carboxylic acids is 3. The van der Waals surface area contributed by atoms with Crippen molar-refractivity contribution < 1.29 is 95.2 Å². The summed E-state index contributed by atoms with van der Waals surface area (Å²) in [4.78, 5) is 69.2. The van der Waals surface area contributed by atoms with Crippen molar-refractivity contribution in [1.29, 1.82) is 0 Å². The molecule has 14 N–H and O–H groups in total. The zero-order chi connectivity index (χ0) is 36.8. The van der Waals surface area contributed by atoms with E-state index in [1.165, 1.54) is 0 Å². The van der Waals surface area contributed by atoms with Gasteiger partial charge in [-0.3, -0.25) is 29.4 Å². The first-order valence-corrected chi connectivity index (χ1v) is 12.4. The summed E-state index contributed by atoms with van der Waals surface area (Å²) >= 11 is 0. The number of nitrogens with one attached hydrogen (secondary N) is 1. The molecule has 0 atom stereocenters. The van der Waals surface area contributed by atoms with Gasteiger partial charge in [0.15, 0.2) is 57.3 Å². The van der Waals surface area contributed by atoms with Gasteiger partial charge in [0.2, 0.25) is 0 Å². The van der Waals surface area contributed by atoms with Crippen molar-refractivity contribution in [2.45, 2.75) is 18.4 Å². The highest BCUT2D eigenvalue weighted by atomic mass is 16.4. The van der Waals surface area contributed by atoms with Crippen molar-refractivity contribution in [1.82, 2.24) is 10.4 Å². The number of aliphatic carboxylic acids is 3. The highest BCUT2D eigenvalue weighted by Crippen LogP contribution is 2.38. The van der Waals surface area contributed by atoms with Crippen LogP contribution in [0.15, 0.2) is 36.4 Å².